The van der Waals surface area contributed by atoms with Crippen molar-refractivity contribution in [3.05, 3.63) is 53.2 Å². The lowest BCUT2D eigenvalue weighted by atomic mass is 10.0. The summed E-state index contributed by atoms with van der Waals surface area (Å²) in [5.41, 5.74) is 4.61. The monoisotopic (exact) mass is 334 g/mol. The predicted molar refractivity (Wildman–Crippen MR) is 96.7 cm³/mol. The van der Waals surface area contributed by atoms with Crippen LogP contribution in [0.1, 0.15) is 18.9 Å². The standard InChI is InChI=1S/C19H18N4O2/c24-19-22-15-11-21-18-16(14(10-20-18)12-4-2-1-3-5-12)17(15)23(19)13-6-8-25-9-7-13/h1-5,10-11,13H,6-9H2,(H,20,21)(H,22,24). The van der Waals surface area contributed by atoms with Gasteiger partial charge in [-0.05, 0) is 18.4 Å². The van der Waals surface area contributed by atoms with Crippen molar-refractivity contribution >= 4 is 22.1 Å². The molecule has 1 aromatic carbocycles. The van der Waals surface area contributed by atoms with Crippen LogP contribution in [-0.4, -0.2) is 32.7 Å². The van der Waals surface area contributed by atoms with Crippen LogP contribution in [0.3, 0.4) is 0 Å². The highest BCUT2D eigenvalue weighted by atomic mass is 16.5. The number of rotatable bonds is 2. The third-order valence-electron chi connectivity index (χ3n) is 5.02. The van der Waals surface area contributed by atoms with Gasteiger partial charge in [0.25, 0.3) is 0 Å². The zero-order valence-electron chi connectivity index (χ0n) is 13.7. The lowest BCUT2D eigenvalue weighted by molar-refractivity contribution is 0.0698. The van der Waals surface area contributed by atoms with Crippen LogP contribution in [0.4, 0.5) is 0 Å². The quantitative estimate of drug-likeness (QED) is 0.591. The largest absolute Gasteiger partial charge is 0.381 e. The average molecular weight is 334 g/mol. The van der Waals surface area contributed by atoms with Crippen LogP contribution in [0, 0.1) is 0 Å². The summed E-state index contributed by atoms with van der Waals surface area (Å²) in [5.74, 6) is 0. The molecule has 0 spiro atoms. The zero-order valence-corrected chi connectivity index (χ0v) is 13.7. The Labute approximate surface area is 143 Å². The number of pyridine rings is 1. The van der Waals surface area contributed by atoms with Gasteiger partial charge < -0.3 is 14.7 Å². The molecule has 0 radical (unpaired) electrons. The Morgan fingerprint density at radius 2 is 1.96 bits per heavy atom. The summed E-state index contributed by atoms with van der Waals surface area (Å²) in [4.78, 5) is 23.4. The summed E-state index contributed by atoms with van der Waals surface area (Å²) in [6, 6.07) is 10.3. The van der Waals surface area contributed by atoms with Crippen LogP contribution in [-0.2, 0) is 4.74 Å². The molecule has 0 amide bonds. The van der Waals surface area contributed by atoms with Crippen molar-refractivity contribution in [3.8, 4) is 11.1 Å². The highest BCUT2D eigenvalue weighted by molar-refractivity contribution is 6.09. The Kier molecular flexibility index (Phi) is 3.24. The number of benzene rings is 1. The number of nitrogens with zero attached hydrogens (tertiary/aromatic N) is 2. The molecule has 126 valence electrons. The van der Waals surface area contributed by atoms with E-state index in [1.807, 2.05) is 29.0 Å². The Morgan fingerprint density at radius 3 is 2.76 bits per heavy atom. The van der Waals surface area contributed by atoms with Gasteiger partial charge in [0.05, 0.1) is 22.6 Å². The first-order chi connectivity index (χ1) is 12.3. The van der Waals surface area contributed by atoms with Crippen molar-refractivity contribution in [1.29, 1.82) is 0 Å². The maximum absolute atomic E-state index is 12.7. The van der Waals surface area contributed by atoms with E-state index < -0.39 is 0 Å². The summed E-state index contributed by atoms with van der Waals surface area (Å²) >= 11 is 0. The van der Waals surface area contributed by atoms with E-state index in [2.05, 4.69) is 27.1 Å². The van der Waals surface area contributed by atoms with Crippen molar-refractivity contribution in [1.82, 2.24) is 19.5 Å². The maximum Gasteiger partial charge on any atom is 0.326 e. The Hall–Kier alpha value is -2.86. The first-order valence-corrected chi connectivity index (χ1v) is 8.56. The SMILES string of the molecule is O=c1[nH]c2cnc3[nH]cc(-c4ccccc4)c3c2n1C1CCOCC1. The van der Waals surface area contributed by atoms with E-state index in [1.54, 1.807) is 6.20 Å². The van der Waals surface area contributed by atoms with E-state index >= 15 is 0 Å². The minimum atomic E-state index is -0.0728. The summed E-state index contributed by atoms with van der Waals surface area (Å²) in [6.07, 6.45) is 5.40. The molecule has 4 heterocycles. The van der Waals surface area contributed by atoms with Gasteiger partial charge in [0, 0.05) is 31.0 Å². The molecule has 2 N–H and O–H groups in total. The molecule has 6 nitrogen and oxygen atoms in total. The Balaban J connectivity index is 1.85. The molecular weight excluding hydrogens is 316 g/mol. The molecule has 0 aliphatic carbocycles. The molecule has 6 heteroatoms. The fourth-order valence-corrected chi connectivity index (χ4v) is 3.83. The van der Waals surface area contributed by atoms with Gasteiger partial charge >= 0.3 is 5.69 Å². The molecule has 1 saturated heterocycles. The molecule has 0 saturated carbocycles. The predicted octanol–water partition coefficient (Wildman–Crippen LogP) is 3.22. The fraction of sp³-hybridized carbons (Fsp3) is 0.263. The Morgan fingerprint density at radius 1 is 1.16 bits per heavy atom. The van der Waals surface area contributed by atoms with E-state index in [1.165, 1.54) is 0 Å². The lowest BCUT2D eigenvalue weighted by Crippen LogP contribution is -2.27. The number of aromatic nitrogens is 4. The molecule has 3 aromatic heterocycles. The molecule has 1 fully saturated rings. The summed E-state index contributed by atoms with van der Waals surface area (Å²) in [5, 5.41) is 0.994. The van der Waals surface area contributed by atoms with E-state index in [9.17, 15) is 4.79 Å². The van der Waals surface area contributed by atoms with Gasteiger partial charge in [-0.2, -0.15) is 0 Å². The van der Waals surface area contributed by atoms with Crippen molar-refractivity contribution in [3.63, 3.8) is 0 Å². The van der Waals surface area contributed by atoms with Crippen LogP contribution >= 0.6 is 0 Å². The molecule has 1 aliphatic heterocycles. The van der Waals surface area contributed by atoms with Gasteiger partial charge in [0.1, 0.15) is 5.65 Å². The van der Waals surface area contributed by atoms with E-state index in [0.29, 0.717) is 13.2 Å². The molecule has 25 heavy (non-hydrogen) atoms. The highest BCUT2D eigenvalue weighted by Gasteiger charge is 2.23. The number of H-pyrrole nitrogens is 2. The third-order valence-corrected chi connectivity index (χ3v) is 5.02. The molecule has 0 bridgehead atoms. The molecule has 0 unspecified atom stereocenters. The topological polar surface area (TPSA) is 75.7 Å². The second-order valence-corrected chi connectivity index (χ2v) is 6.46. The maximum atomic E-state index is 12.7. The number of fused-ring (bicyclic) bond motifs is 3. The van der Waals surface area contributed by atoms with Gasteiger partial charge in [-0.3, -0.25) is 4.57 Å². The minimum Gasteiger partial charge on any atom is -0.381 e. The fourth-order valence-electron chi connectivity index (χ4n) is 3.83. The third kappa shape index (κ3) is 2.21. The van der Waals surface area contributed by atoms with Gasteiger partial charge in [0.15, 0.2) is 0 Å². The van der Waals surface area contributed by atoms with Gasteiger partial charge in [-0.25, -0.2) is 9.78 Å². The Bertz CT molecular complexity index is 1100. The molecule has 5 rings (SSSR count). The molecule has 1 aliphatic rings. The lowest BCUT2D eigenvalue weighted by Gasteiger charge is -2.23. The van der Waals surface area contributed by atoms with Gasteiger partial charge in [-0.15, -0.1) is 0 Å². The van der Waals surface area contributed by atoms with Crippen LogP contribution in [0.2, 0.25) is 0 Å². The normalized spacial score (nSPS) is 16.0. The van der Waals surface area contributed by atoms with Crippen molar-refractivity contribution < 1.29 is 4.74 Å². The van der Waals surface area contributed by atoms with Crippen LogP contribution < -0.4 is 5.69 Å². The van der Waals surface area contributed by atoms with Gasteiger partial charge in [0.2, 0.25) is 0 Å². The first kappa shape index (κ1) is 14.5. The van der Waals surface area contributed by atoms with E-state index in [0.717, 1.165) is 46.0 Å². The van der Waals surface area contributed by atoms with Crippen molar-refractivity contribution in [2.24, 2.45) is 0 Å². The van der Waals surface area contributed by atoms with Gasteiger partial charge in [-0.1, -0.05) is 30.3 Å². The number of nitrogens with one attached hydrogen (secondary N) is 2. The summed E-state index contributed by atoms with van der Waals surface area (Å²) < 4.78 is 7.38. The second kappa shape index (κ2) is 5.60. The van der Waals surface area contributed by atoms with Crippen molar-refractivity contribution in [2.75, 3.05) is 13.2 Å². The number of ether oxygens (including phenoxy) is 1. The molecule has 4 aromatic rings. The summed E-state index contributed by atoms with van der Waals surface area (Å²) in [6.45, 7) is 1.38. The zero-order chi connectivity index (χ0) is 16.8. The van der Waals surface area contributed by atoms with Crippen LogP contribution in [0.5, 0.6) is 0 Å². The second-order valence-electron chi connectivity index (χ2n) is 6.46. The average Bonchev–Trinajstić information content (AvgIpc) is 3.23. The molecular formula is C19H18N4O2. The smallest absolute Gasteiger partial charge is 0.326 e. The molecule has 0 atom stereocenters. The van der Waals surface area contributed by atoms with Crippen molar-refractivity contribution in [2.45, 2.75) is 18.9 Å². The van der Waals surface area contributed by atoms with E-state index in [4.69, 9.17) is 4.74 Å². The highest BCUT2D eigenvalue weighted by Crippen LogP contribution is 2.34. The summed E-state index contributed by atoms with van der Waals surface area (Å²) in [7, 11) is 0. The number of hydrogen-bond acceptors (Lipinski definition) is 3. The number of hydrogen-bond donors (Lipinski definition) is 2. The minimum absolute atomic E-state index is 0.0728. The number of imidazole rings is 1. The van der Waals surface area contributed by atoms with Crippen LogP contribution in [0.25, 0.3) is 33.2 Å². The van der Waals surface area contributed by atoms with Crippen LogP contribution in [0.15, 0.2) is 47.5 Å². The number of aromatic amines is 2. The van der Waals surface area contributed by atoms with E-state index in [-0.39, 0.29) is 11.7 Å². The first-order valence-electron chi connectivity index (χ1n) is 8.56.